The molecule has 0 aromatic heterocycles. The summed E-state index contributed by atoms with van der Waals surface area (Å²) >= 11 is 0. The lowest BCUT2D eigenvalue weighted by atomic mass is 9.86. The highest BCUT2D eigenvalue weighted by Crippen LogP contribution is 2.23. The largest absolute Gasteiger partial charge is 0.353 e. The highest BCUT2D eigenvalue weighted by Gasteiger charge is 2.23. The van der Waals surface area contributed by atoms with E-state index in [2.05, 4.69) is 17.6 Å². The van der Waals surface area contributed by atoms with Crippen molar-refractivity contribution in [2.45, 2.75) is 58.0 Å². The molecule has 1 aromatic rings. The van der Waals surface area contributed by atoms with Crippen LogP contribution >= 0.6 is 0 Å². The molecule has 0 bridgehead atoms. The Hall–Kier alpha value is -1.84. The van der Waals surface area contributed by atoms with Crippen LogP contribution in [0.1, 0.15) is 56.3 Å². The van der Waals surface area contributed by atoms with E-state index in [-0.39, 0.29) is 17.9 Å². The Balaban J connectivity index is 1.77. The smallest absolute Gasteiger partial charge is 0.251 e. The minimum absolute atomic E-state index is 0.0274. The van der Waals surface area contributed by atoms with Crippen LogP contribution in [0.5, 0.6) is 0 Å². The molecule has 4 heteroatoms. The van der Waals surface area contributed by atoms with Gasteiger partial charge in [-0.2, -0.15) is 0 Å². The second-order valence-corrected chi connectivity index (χ2v) is 6.38. The van der Waals surface area contributed by atoms with Gasteiger partial charge in [-0.15, -0.1) is 0 Å². The predicted molar refractivity (Wildman–Crippen MR) is 87.5 cm³/mol. The molecule has 1 aromatic carbocycles. The van der Waals surface area contributed by atoms with Crippen molar-refractivity contribution in [2.24, 2.45) is 5.92 Å². The summed E-state index contributed by atoms with van der Waals surface area (Å²) in [5.74, 6) is 0.443. The van der Waals surface area contributed by atoms with Crippen molar-refractivity contribution in [1.29, 1.82) is 0 Å². The third-order valence-electron chi connectivity index (χ3n) is 4.36. The lowest BCUT2D eigenvalue weighted by molar-refractivity contribution is -0.122. The maximum absolute atomic E-state index is 12.1. The summed E-state index contributed by atoms with van der Waals surface area (Å²) in [6, 6.07) is 9.19. The zero-order chi connectivity index (χ0) is 15.9. The standard InChI is InChI=1S/C18H26N2O2/c1-13-8-6-7-11-16(13)20-17(21)12-14(2)19-18(22)15-9-4-3-5-10-15/h3-5,9-10,13-14,16H,6-8,11-12H2,1-2H3,(H,19,22)(H,20,21)/t13-,14-,16+/m1/s1. The summed E-state index contributed by atoms with van der Waals surface area (Å²) < 4.78 is 0. The first-order valence-corrected chi connectivity index (χ1v) is 8.21. The highest BCUT2D eigenvalue weighted by molar-refractivity contribution is 5.94. The molecule has 4 nitrogen and oxygen atoms in total. The number of carbonyl (C=O) groups excluding carboxylic acids is 2. The minimum Gasteiger partial charge on any atom is -0.353 e. The topological polar surface area (TPSA) is 58.2 Å². The first-order valence-electron chi connectivity index (χ1n) is 8.21. The van der Waals surface area contributed by atoms with E-state index in [1.807, 2.05) is 25.1 Å². The average molecular weight is 302 g/mol. The SMILES string of the molecule is C[C@H](CC(=O)N[C@H]1CCCC[C@H]1C)NC(=O)c1ccccc1. The summed E-state index contributed by atoms with van der Waals surface area (Å²) in [5.41, 5.74) is 0.621. The molecule has 1 saturated carbocycles. The predicted octanol–water partition coefficient (Wildman–Crippen LogP) is 2.89. The van der Waals surface area contributed by atoms with Gasteiger partial charge >= 0.3 is 0 Å². The van der Waals surface area contributed by atoms with E-state index in [0.717, 1.165) is 6.42 Å². The zero-order valence-electron chi connectivity index (χ0n) is 13.5. The Morgan fingerprint density at radius 1 is 1.18 bits per heavy atom. The summed E-state index contributed by atoms with van der Waals surface area (Å²) in [6.45, 7) is 4.06. The lowest BCUT2D eigenvalue weighted by Gasteiger charge is -2.30. The van der Waals surface area contributed by atoms with Crippen molar-refractivity contribution in [2.75, 3.05) is 0 Å². The number of rotatable bonds is 5. The maximum atomic E-state index is 12.1. The normalized spacial score (nSPS) is 22.6. The molecule has 120 valence electrons. The third-order valence-corrected chi connectivity index (χ3v) is 4.36. The van der Waals surface area contributed by atoms with Gasteiger partial charge in [0.2, 0.25) is 5.91 Å². The minimum atomic E-state index is -0.174. The molecule has 1 aliphatic rings. The van der Waals surface area contributed by atoms with Crippen molar-refractivity contribution in [3.63, 3.8) is 0 Å². The van der Waals surface area contributed by atoms with Crippen LogP contribution in [0.3, 0.4) is 0 Å². The molecule has 0 spiro atoms. The summed E-state index contributed by atoms with van der Waals surface area (Å²) in [6.07, 6.45) is 5.03. The van der Waals surface area contributed by atoms with E-state index in [1.165, 1.54) is 19.3 Å². The Labute approximate surface area is 132 Å². The fourth-order valence-corrected chi connectivity index (χ4v) is 3.02. The molecule has 3 atom stereocenters. The van der Waals surface area contributed by atoms with Gasteiger partial charge < -0.3 is 10.6 Å². The van der Waals surface area contributed by atoms with Gasteiger partial charge in [0.15, 0.2) is 0 Å². The van der Waals surface area contributed by atoms with Crippen molar-refractivity contribution >= 4 is 11.8 Å². The van der Waals surface area contributed by atoms with Crippen molar-refractivity contribution in [3.8, 4) is 0 Å². The Morgan fingerprint density at radius 3 is 2.55 bits per heavy atom. The highest BCUT2D eigenvalue weighted by atomic mass is 16.2. The van der Waals surface area contributed by atoms with Gasteiger partial charge in [-0.1, -0.05) is 38.0 Å². The molecule has 0 radical (unpaired) electrons. The van der Waals surface area contributed by atoms with Gasteiger partial charge in [0.25, 0.3) is 5.91 Å². The molecule has 0 unspecified atom stereocenters. The number of carbonyl (C=O) groups is 2. The van der Waals surface area contributed by atoms with E-state index in [4.69, 9.17) is 0 Å². The lowest BCUT2D eigenvalue weighted by Crippen LogP contribution is -2.44. The fraction of sp³-hybridized carbons (Fsp3) is 0.556. The maximum Gasteiger partial charge on any atom is 0.251 e. The molecular formula is C18H26N2O2. The van der Waals surface area contributed by atoms with E-state index in [0.29, 0.717) is 23.9 Å². The van der Waals surface area contributed by atoms with Crippen molar-refractivity contribution in [3.05, 3.63) is 35.9 Å². The van der Waals surface area contributed by atoms with Gasteiger partial charge in [0.05, 0.1) is 0 Å². The van der Waals surface area contributed by atoms with Gasteiger partial charge in [-0.05, 0) is 37.8 Å². The average Bonchev–Trinajstić information content (AvgIpc) is 2.50. The first-order chi connectivity index (χ1) is 10.6. The number of amides is 2. The Kier molecular flexibility index (Phi) is 5.99. The Bertz CT molecular complexity index is 501. The molecule has 2 amide bonds. The molecular weight excluding hydrogens is 276 g/mol. The van der Waals surface area contributed by atoms with E-state index < -0.39 is 0 Å². The second-order valence-electron chi connectivity index (χ2n) is 6.38. The quantitative estimate of drug-likeness (QED) is 0.878. The first kappa shape index (κ1) is 16.5. The molecule has 0 saturated heterocycles. The van der Waals surface area contributed by atoms with Gasteiger partial charge in [0, 0.05) is 24.1 Å². The van der Waals surface area contributed by atoms with E-state index in [9.17, 15) is 9.59 Å². The Morgan fingerprint density at radius 2 is 1.86 bits per heavy atom. The van der Waals surface area contributed by atoms with Crippen LogP contribution in [0, 0.1) is 5.92 Å². The van der Waals surface area contributed by atoms with Crippen LogP contribution in [0.4, 0.5) is 0 Å². The van der Waals surface area contributed by atoms with Crippen LogP contribution in [0.2, 0.25) is 0 Å². The zero-order valence-corrected chi connectivity index (χ0v) is 13.5. The molecule has 0 aliphatic heterocycles. The number of nitrogens with one attached hydrogen (secondary N) is 2. The monoisotopic (exact) mass is 302 g/mol. The second kappa shape index (κ2) is 7.97. The molecule has 1 fully saturated rings. The molecule has 22 heavy (non-hydrogen) atoms. The van der Waals surface area contributed by atoms with Crippen molar-refractivity contribution < 1.29 is 9.59 Å². The van der Waals surface area contributed by atoms with E-state index in [1.54, 1.807) is 12.1 Å². The van der Waals surface area contributed by atoms with Gasteiger partial charge in [-0.3, -0.25) is 9.59 Å². The molecule has 0 heterocycles. The van der Waals surface area contributed by atoms with Crippen LogP contribution in [0.15, 0.2) is 30.3 Å². The fourth-order valence-electron chi connectivity index (χ4n) is 3.02. The van der Waals surface area contributed by atoms with Gasteiger partial charge in [-0.25, -0.2) is 0 Å². The number of hydrogen-bond acceptors (Lipinski definition) is 2. The summed E-state index contributed by atoms with van der Waals surface area (Å²) in [5, 5.41) is 6.00. The van der Waals surface area contributed by atoms with Gasteiger partial charge in [0.1, 0.15) is 0 Å². The van der Waals surface area contributed by atoms with Crippen LogP contribution in [0.25, 0.3) is 0 Å². The molecule has 2 rings (SSSR count). The van der Waals surface area contributed by atoms with Crippen LogP contribution < -0.4 is 10.6 Å². The van der Waals surface area contributed by atoms with E-state index >= 15 is 0 Å². The van der Waals surface area contributed by atoms with Crippen LogP contribution in [-0.4, -0.2) is 23.9 Å². The number of hydrogen-bond donors (Lipinski definition) is 2. The summed E-state index contributed by atoms with van der Waals surface area (Å²) in [4.78, 5) is 24.2. The third kappa shape index (κ3) is 4.86. The molecule has 1 aliphatic carbocycles. The number of benzene rings is 1. The molecule has 2 N–H and O–H groups in total. The summed E-state index contributed by atoms with van der Waals surface area (Å²) in [7, 11) is 0. The van der Waals surface area contributed by atoms with Crippen LogP contribution in [-0.2, 0) is 4.79 Å². The van der Waals surface area contributed by atoms with Crippen molar-refractivity contribution in [1.82, 2.24) is 10.6 Å².